The molecule has 2 aromatic rings. The Kier molecular flexibility index (Phi) is 8.08. The molecule has 0 unspecified atom stereocenters. The number of furan rings is 1. The van der Waals surface area contributed by atoms with Crippen molar-refractivity contribution in [2.75, 3.05) is 19.3 Å². The van der Waals surface area contributed by atoms with E-state index in [4.69, 9.17) is 4.42 Å². The van der Waals surface area contributed by atoms with Crippen molar-refractivity contribution < 1.29 is 9.21 Å². The summed E-state index contributed by atoms with van der Waals surface area (Å²) >= 11 is 1.72. The van der Waals surface area contributed by atoms with Crippen LogP contribution in [-0.2, 0) is 17.9 Å². The van der Waals surface area contributed by atoms with Crippen LogP contribution in [0, 0.1) is 6.92 Å². The fraction of sp³-hybridized carbons (Fsp3) is 0.368. The Hall–Kier alpha value is -2.41. The molecule has 6 nitrogen and oxygen atoms in total. The highest BCUT2D eigenvalue weighted by Crippen LogP contribution is 2.22. The molecule has 0 radical (unpaired) electrons. The first kappa shape index (κ1) is 19.9. The molecule has 0 aliphatic rings. The molecule has 1 aromatic heterocycles. The Morgan fingerprint density at radius 2 is 2.08 bits per heavy atom. The molecule has 0 saturated carbocycles. The molecule has 0 bridgehead atoms. The molecule has 0 aliphatic carbocycles. The standard InChI is InChI=1S/C19H26N4O2S/c1-4-20-19(22-11-15-8-7-14(2)10-17(15)26-3)23-13-18(24)21-12-16-6-5-9-25-16/h5-10H,4,11-13H2,1-3H3,(H,21,24)(H2,20,22,23). The highest BCUT2D eigenvalue weighted by molar-refractivity contribution is 7.98. The van der Waals surface area contributed by atoms with Crippen LogP contribution in [0.1, 0.15) is 23.8 Å². The van der Waals surface area contributed by atoms with Crippen LogP contribution in [0.5, 0.6) is 0 Å². The molecule has 2 rings (SSSR count). The number of aliphatic imine (C=N–C) groups is 1. The predicted molar refractivity (Wildman–Crippen MR) is 106 cm³/mol. The third-order valence-electron chi connectivity index (χ3n) is 3.65. The van der Waals surface area contributed by atoms with Gasteiger partial charge in [0.25, 0.3) is 0 Å². The van der Waals surface area contributed by atoms with Crippen molar-refractivity contribution in [1.82, 2.24) is 16.0 Å². The zero-order valence-electron chi connectivity index (χ0n) is 15.5. The molecular weight excluding hydrogens is 348 g/mol. The number of aryl methyl sites for hydroxylation is 1. The van der Waals surface area contributed by atoms with Gasteiger partial charge in [0.2, 0.25) is 5.91 Å². The van der Waals surface area contributed by atoms with Crippen LogP contribution >= 0.6 is 11.8 Å². The second kappa shape index (κ2) is 10.6. The number of carbonyl (C=O) groups is 1. The maximum Gasteiger partial charge on any atom is 0.239 e. The first-order valence-electron chi connectivity index (χ1n) is 8.57. The minimum absolute atomic E-state index is 0.118. The SMILES string of the molecule is CCNC(=NCc1ccc(C)cc1SC)NCC(=O)NCc1ccco1. The summed E-state index contributed by atoms with van der Waals surface area (Å²) in [6.07, 6.45) is 3.65. The molecule has 1 aromatic carbocycles. The maximum absolute atomic E-state index is 12.0. The van der Waals surface area contributed by atoms with Gasteiger partial charge in [-0.05, 0) is 49.4 Å². The van der Waals surface area contributed by atoms with Gasteiger partial charge in [-0.2, -0.15) is 0 Å². The summed E-state index contributed by atoms with van der Waals surface area (Å²) in [4.78, 5) is 17.8. The van der Waals surface area contributed by atoms with E-state index in [0.717, 1.165) is 12.3 Å². The monoisotopic (exact) mass is 374 g/mol. The Balaban J connectivity index is 1.88. The number of amides is 1. The van der Waals surface area contributed by atoms with Gasteiger partial charge in [-0.15, -0.1) is 11.8 Å². The molecule has 1 heterocycles. The molecule has 0 atom stereocenters. The van der Waals surface area contributed by atoms with E-state index in [1.807, 2.05) is 13.0 Å². The van der Waals surface area contributed by atoms with E-state index in [2.05, 4.69) is 52.3 Å². The fourth-order valence-corrected chi connectivity index (χ4v) is 3.01. The van der Waals surface area contributed by atoms with Crippen LogP contribution in [-0.4, -0.2) is 31.2 Å². The normalized spacial score (nSPS) is 11.3. The highest BCUT2D eigenvalue weighted by atomic mass is 32.2. The Morgan fingerprint density at radius 3 is 2.77 bits per heavy atom. The van der Waals surface area contributed by atoms with Gasteiger partial charge < -0.3 is 20.4 Å². The van der Waals surface area contributed by atoms with E-state index in [9.17, 15) is 4.79 Å². The van der Waals surface area contributed by atoms with Crippen LogP contribution in [0.4, 0.5) is 0 Å². The third kappa shape index (κ3) is 6.48. The number of hydrogen-bond acceptors (Lipinski definition) is 4. The van der Waals surface area contributed by atoms with Crippen molar-refractivity contribution in [2.45, 2.75) is 31.8 Å². The summed E-state index contributed by atoms with van der Waals surface area (Å²) in [6.45, 7) is 5.88. The molecule has 3 N–H and O–H groups in total. The quantitative estimate of drug-likeness (QED) is 0.376. The average molecular weight is 375 g/mol. The van der Waals surface area contributed by atoms with E-state index < -0.39 is 0 Å². The van der Waals surface area contributed by atoms with Gasteiger partial charge in [0, 0.05) is 11.4 Å². The van der Waals surface area contributed by atoms with Crippen molar-refractivity contribution in [3.05, 3.63) is 53.5 Å². The second-order valence-corrected chi connectivity index (χ2v) is 6.57. The van der Waals surface area contributed by atoms with Gasteiger partial charge in [-0.3, -0.25) is 4.79 Å². The first-order valence-corrected chi connectivity index (χ1v) is 9.79. The lowest BCUT2D eigenvalue weighted by Crippen LogP contribution is -2.43. The lowest BCUT2D eigenvalue weighted by Gasteiger charge is -2.12. The summed E-state index contributed by atoms with van der Waals surface area (Å²) in [7, 11) is 0. The van der Waals surface area contributed by atoms with Gasteiger partial charge >= 0.3 is 0 Å². The summed E-state index contributed by atoms with van der Waals surface area (Å²) in [5.41, 5.74) is 2.41. The molecule has 1 amide bonds. The highest BCUT2D eigenvalue weighted by Gasteiger charge is 2.06. The number of guanidine groups is 1. The molecular formula is C19H26N4O2S. The third-order valence-corrected chi connectivity index (χ3v) is 4.47. The van der Waals surface area contributed by atoms with E-state index in [0.29, 0.717) is 19.0 Å². The lowest BCUT2D eigenvalue weighted by molar-refractivity contribution is -0.120. The molecule has 0 fully saturated rings. The fourth-order valence-electron chi connectivity index (χ4n) is 2.31. The van der Waals surface area contributed by atoms with Gasteiger partial charge in [0.15, 0.2) is 5.96 Å². The van der Waals surface area contributed by atoms with E-state index in [-0.39, 0.29) is 12.5 Å². The van der Waals surface area contributed by atoms with E-state index in [1.165, 1.54) is 16.0 Å². The van der Waals surface area contributed by atoms with Gasteiger partial charge in [-0.25, -0.2) is 4.99 Å². The number of nitrogens with zero attached hydrogens (tertiary/aromatic N) is 1. The summed E-state index contributed by atoms with van der Waals surface area (Å²) in [5.74, 6) is 1.23. The number of hydrogen-bond donors (Lipinski definition) is 3. The van der Waals surface area contributed by atoms with Gasteiger partial charge in [0.05, 0.1) is 25.9 Å². The zero-order valence-corrected chi connectivity index (χ0v) is 16.3. The van der Waals surface area contributed by atoms with Gasteiger partial charge in [0.1, 0.15) is 5.76 Å². The summed E-state index contributed by atoms with van der Waals surface area (Å²) in [6, 6.07) is 9.98. The topological polar surface area (TPSA) is 78.7 Å². The van der Waals surface area contributed by atoms with Crippen LogP contribution < -0.4 is 16.0 Å². The van der Waals surface area contributed by atoms with Crippen molar-refractivity contribution in [1.29, 1.82) is 0 Å². The molecule has 0 spiro atoms. The predicted octanol–water partition coefficient (Wildman–Crippen LogP) is 2.68. The van der Waals surface area contributed by atoms with Crippen LogP contribution in [0.25, 0.3) is 0 Å². The largest absolute Gasteiger partial charge is 0.467 e. The Labute approximate surface area is 158 Å². The number of benzene rings is 1. The lowest BCUT2D eigenvalue weighted by atomic mass is 10.1. The van der Waals surface area contributed by atoms with Gasteiger partial charge in [-0.1, -0.05) is 12.1 Å². The zero-order chi connectivity index (χ0) is 18.8. The molecule has 7 heteroatoms. The van der Waals surface area contributed by atoms with E-state index in [1.54, 1.807) is 24.1 Å². The van der Waals surface area contributed by atoms with Crippen molar-refractivity contribution in [3.63, 3.8) is 0 Å². The Morgan fingerprint density at radius 1 is 1.23 bits per heavy atom. The van der Waals surface area contributed by atoms with Crippen LogP contribution in [0.2, 0.25) is 0 Å². The van der Waals surface area contributed by atoms with E-state index >= 15 is 0 Å². The van der Waals surface area contributed by atoms with Crippen molar-refractivity contribution in [2.24, 2.45) is 4.99 Å². The molecule has 140 valence electrons. The second-order valence-electron chi connectivity index (χ2n) is 5.72. The van der Waals surface area contributed by atoms with Crippen LogP contribution in [0.15, 0.2) is 50.9 Å². The number of carbonyl (C=O) groups excluding carboxylic acids is 1. The average Bonchev–Trinajstić information content (AvgIpc) is 3.16. The minimum atomic E-state index is -0.118. The first-order chi connectivity index (χ1) is 12.6. The van der Waals surface area contributed by atoms with Crippen LogP contribution in [0.3, 0.4) is 0 Å². The van der Waals surface area contributed by atoms with Crippen molar-refractivity contribution in [3.8, 4) is 0 Å². The maximum atomic E-state index is 12.0. The number of rotatable bonds is 8. The number of nitrogens with one attached hydrogen (secondary N) is 3. The molecule has 0 aliphatic heterocycles. The molecule has 26 heavy (non-hydrogen) atoms. The molecule has 0 saturated heterocycles. The summed E-state index contributed by atoms with van der Waals surface area (Å²) < 4.78 is 5.19. The van der Waals surface area contributed by atoms with Crippen molar-refractivity contribution >= 4 is 23.6 Å². The minimum Gasteiger partial charge on any atom is -0.467 e. The Bertz CT molecular complexity index is 729. The summed E-state index contributed by atoms with van der Waals surface area (Å²) in [5, 5.41) is 9.02. The number of thioether (sulfide) groups is 1. The smallest absolute Gasteiger partial charge is 0.239 e.